The smallest absolute Gasteiger partial charge is 0.161 e. The van der Waals surface area contributed by atoms with E-state index in [1.54, 1.807) is 20.4 Å². The summed E-state index contributed by atoms with van der Waals surface area (Å²) in [5.74, 6) is 1.75. The first-order valence-corrected chi connectivity index (χ1v) is 8.08. The third-order valence-corrected chi connectivity index (χ3v) is 4.09. The number of imidazole rings is 1. The van der Waals surface area contributed by atoms with Gasteiger partial charge < -0.3 is 14.0 Å². The molecule has 0 atom stereocenters. The fraction of sp³-hybridized carbons (Fsp3) is 0.167. The van der Waals surface area contributed by atoms with Crippen LogP contribution in [0.2, 0.25) is 0 Å². The average molecular weight is 391 g/mol. The van der Waals surface area contributed by atoms with Crippen LogP contribution in [-0.2, 0) is 6.54 Å². The Labute approximate surface area is 148 Å². The van der Waals surface area contributed by atoms with Crippen LogP contribution in [-0.4, -0.2) is 23.8 Å². The molecule has 1 aromatic heterocycles. The summed E-state index contributed by atoms with van der Waals surface area (Å²) in [4.78, 5) is 4.36. The van der Waals surface area contributed by atoms with E-state index in [0.717, 1.165) is 5.56 Å². The second-order valence-corrected chi connectivity index (χ2v) is 6.14. The van der Waals surface area contributed by atoms with Crippen LogP contribution in [0.5, 0.6) is 11.5 Å². The molecule has 24 heavy (non-hydrogen) atoms. The first kappa shape index (κ1) is 16.5. The van der Waals surface area contributed by atoms with E-state index in [1.165, 1.54) is 12.1 Å². The van der Waals surface area contributed by atoms with E-state index in [4.69, 9.17) is 9.47 Å². The minimum Gasteiger partial charge on any atom is -0.493 e. The van der Waals surface area contributed by atoms with Gasteiger partial charge in [0.25, 0.3) is 0 Å². The number of hydrogen-bond donors (Lipinski definition) is 0. The number of aromatic nitrogens is 2. The van der Waals surface area contributed by atoms with Crippen molar-refractivity contribution in [3.8, 4) is 22.9 Å². The van der Waals surface area contributed by atoms with Crippen molar-refractivity contribution >= 4 is 15.9 Å². The molecule has 0 saturated carbocycles. The van der Waals surface area contributed by atoms with Crippen LogP contribution in [0.1, 0.15) is 5.56 Å². The molecule has 124 valence electrons. The molecule has 0 bridgehead atoms. The molecule has 6 heteroatoms. The van der Waals surface area contributed by atoms with Gasteiger partial charge in [0, 0.05) is 29.0 Å². The predicted molar refractivity (Wildman–Crippen MR) is 94.0 cm³/mol. The first-order valence-electron chi connectivity index (χ1n) is 7.29. The Morgan fingerprint density at radius 1 is 1.08 bits per heavy atom. The fourth-order valence-corrected chi connectivity index (χ4v) is 3.02. The normalized spacial score (nSPS) is 10.7. The fourth-order valence-electron chi connectivity index (χ4n) is 2.56. The second kappa shape index (κ2) is 7.05. The highest BCUT2D eigenvalue weighted by molar-refractivity contribution is 9.10. The van der Waals surface area contributed by atoms with E-state index in [1.807, 2.05) is 35.0 Å². The zero-order valence-corrected chi connectivity index (χ0v) is 14.9. The van der Waals surface area contributed by atoms with E-state index in [-0.39, 0.29) is 5.82 Å². The van der Waals surface area contributed by atoms with Gasteiger partial charge in [-0.2, -0.15) is 0 Å². The van der Waals surface area contributed by atoms with Crippen LogP contribution < -0.4 is 9.47 Å². The number of halogens is 2. The van der Waals surface area contributed by atoms with Gasteiger partial charge >= 0.3 is 0 Å². The molecule has 0 fully saturated rings. The molecule has 3 aromatic rings. The summed E-state index contributed by atoms with van der Waals surface area (Å²) in [5.41, 5.74) is 1.75. The summed E-state index contributed by atoms with van der Waals surface area (Å²) in [7, 11) is 3.21. The number of nitrogens with zero attached hydrogens (tertiary/aromatic N) is 2. The molecule has 4 nitrogen and oxygen atoms in total. The standard InChI is InChI=1S/C18H16BrFN2O2/c1-23-16-4-3-12(7-17(16)24-2)11-22-6-5-21-18(22)13-8-14(19)10-15(20)9-13/h3-10H,11H2,1-2H3. The highest BCUT2D eigenvalue weighted by Crippen LogP contribution is 2.29. The molecule has 0 amide bonds. The molecule has 0 aliphatic rings. The minimum atomic E-state index is -0.306. The Balaban J connectivity index is 1.94. The Bertz CT molecular complexity index is 844. The van der Waals surface area contributed by atoms with E-state index in [9.17, 15) is 4.39 Å². The maximum atomic E-state index is 13.7. The number of rotatable bonds is 5. The Hall–Kier alpha value is -2.34. The molecule has 1 heterocycles. The van der Waals surface area contributed by atoms with E-state index in [0.29, 0.717) is 33.9 Å². The van der Waals surface area contributed by atoms with E-state index in [2.05, 4.69) is 20.9 Å². The lowest BCUT2D eigenvalue weighted by Gasteiger charge is -2.12. The number of methoxy groups -OCH3 is 2. The Kier molecular flexibility index (Phi) is 4.85. The zero-order chi connectivity index (χ0) is 17.1. The van der Waals surface area contributed by atoms with Crippen molar-refractivity contribution in [2.45, 2.75) is 6.54 Å². The van der Waals surface area contributed by atoms with Gasteiger partial charge in [0.1, 0.15) is 11.6 Å². The van der Waals surface area contributed by atoms with Crippen molar-refractivity contribution in [1.29, 1.82) is 0 Å². The van der Waals surface area contributed by atoms with Crippen LogP contribution in [0.3, 0.4) is 0 Å². The highest BCUT2D eigenvalue weighted by Gasteiger charge is 2.10. The van der Waals surface area contributed by atoms with Crippen molar-refractivity contribution < 1.29 is 13.9 Å². The Morgan fingerprint density at radius 2 is 1.88 bits per heavy atom. The highest BCUT2D eigenvalue weighted by atomic mass is 79.9. The third kappa shape index (κ3) is 3.43. The quantitative estimate of drug-likeness (QED) is 0.642. The Morgan fingerprint density at radius 3 is 2.58 bits per heavy atom. The molecule has 3 rings (SSSR count). The summed E-state index contributed by atoms with van der Waals surface area (Å²) in [6.07, 6.45) is 3.57. The summed E-state index contributed by atoms with van der Waals surface area (Å²) in [6.45, 7) is 0.587. The summed E-state index contributed by atoms with van der Waals surface area (Å²) in [6, 6.07) is 10.5. The van der Waals surface area contributed by atoms with Crippen LogP contribution in [0, 0.1) is 5.82 Å². The first-order chi connectivity index (χ1) is 11.6. The summed E-state index contributed by atoms with van der Waals surface area (Å²) < 4.78 is 26.9. The molecule has 2 aromatic carbocycles. The SMILES string of the molecule is COc1ccc(Cn2ccnc2-c2cc(F)cc(Br)c2)cc1OC. The van der Waals surface area contributed by atoms with Crippen LogP contribution in [0.15, 0.2) is 53.3 Å². The van der Waals surface area contributed by atoms with Gasteiger partial charge in [0.15, 0.2) is 11.5 Å². The maximum absolute atomic E-state index is 13.7. The van der Waals surface area contributed by atoms with Gasteiger partial charge in [-0.3, -0.25) is 0 Å². The van der Waals surface area contributed by atoms with Gasteiger partial charge in [-0.05, 0) is 35.9 Å². The molecule has 0 N–H and O–H groups in total. The van der Waals surface area contributed by atoms with Crippen molar-refractivity contribution in [2.24, 2.45) is 0 Å². The average Bonchev–Trinajstić information content (AvgIpc) is 3.02. The van der Waals surface area contributed by atoms with E-state index >= 15 is 0 Å². The number of ether oxygens (including phenoxy) is 2. The van der Waals surface area contributed by atoms with Crippen LogP contribution in [0.25, 0.3) is 11.4 Å². The third-order valence-electron chi connectivity index (χ3n) is 3.64. The minimum absolute atomic E-state index is 0.306. The van der Waals surface area contributed by atoms with Gasteiger partial charge in [-0.15, -0.1) is 0 Å². The lowest BCUT2D eigenvalue weighted by atomic mass is 10.1. The molecule has 0 unspecified atom stereocenters. The maximum Gasteiger partial charge on any atom is 0.161 e. The molecule has 0 spiro atoms. The molecular formula is C18H16BrFN2O2. The zero-order valence-electron chi connectivity index (χ0n) is 13.3. The molecule has 0 radical (unpaired) electrons. The number of benzene rings is 2. The van der Waals surface area contributed by atoms with Crippen LogP contribution >= 0.6 is 15.9 Å². The monoisotopic (exact) mass is 390 g/mol. The summed E-state index contributed by atoms with van der Waals surface area (Å²) in [5, 5.41) is 0. The molecule has 0 aliphatic carbocycles. The van der Waals surface area contributed by atoms with Gasteiger partial charge in [-0.25, -0.2) is 9.37 Å². The largest absolute Gasteiger partial charge is 0.493 e. The topological polar surface area (TPSA) is 36.3 Å². The second-order valence-electron chi connectivity index (χ2n) is 5.23. The van der Waals surface area contributed by atoms with Gasteiger partial charge in [0.2, 0.25) is 0 Å². The molecule has 0 aliphatic heterocycles. The van der Waals surface area contributed by atoms with Crippen molar-refractivity contribution in [1.82, 2.24) is 9.55 Å². The summed E-state index contributed by atoms with van der Waals surface area (Å²) >= 11 is 3.32. The molecule has 0 saturated heterocycles. The van der Waals surface area contributed by atoms with Crippen molar-refractivity contribution in [3.05, 3.63) is 64.6 Å². The van der Waals surface area contributed by atoms with Crippen LogP contribution in [0.4, 0.5) is 4.39 Å². The van der Waals surface area contributed by atoms with Gasteiger partial charge in [0.05, 0.1) is 14.2 Å². The lowest BCUT2D eigenvalue weighted by molar-refractivity contribution is 0.354. The van der Waals surface area contributed by atoms with E-state index < -0.39 is 0 Å². The predicted octanol–water partition coefficient (Wildman–Crippen LogP) is 4.52. The molecular weight excluding hydrogens is 375 g/mol. The van der Waals surface area contributed by atoms with Crippen molar-refractivity contribution in [3.63, 3.8) is 0 Å². The van der Waals surface area contributed by atoms with Crippen molar-refractivity contribution in [2.75, 3.05) is 14.2 Å². The lowest BCUT2D eigenvalue weighted by Crippen LogP contribution is -2.02. The van der Waals surface area contributed by atoms with Gasteiger partial charge in [-0.1, -0.05) is 22.0 Å². The number of hydrogen-bond acceptors (Lipinski definition) is 3.